The van der Waals surface area contributed by atoms with Gasteiger partial charge >= 0.3 is 0 Å². The fourth-order valence-corrected chi connectivity index (χ4v) is 3.61. The summed E-state index contributed by atoms with van der Waals surface area (Å²) in [6.07, 6.45) is 3.89. The Morgan fingerprint density at radius 3 is 2.84 bits per heavy atom. The van der Waals surface area contributed by atoms with Crippen molar-refractivity contribution >= 4 is 16.9 Å². The summed E-state index contributed by atoms with van der Waals surface area (Å²) in [5.74, 6) is -0.294. The number of hydrogen-bond donors (Lipinski definition) is 1. The van der Waals surface area contributed by atoms with Crippen LogP contribution in [0.15, 0.2) is 23.1 Å². The maximum Gasteiger partial charge on any atom is 0.256 e. The predicted octanol–water partition coefficient (Wildman–Crippen LogP) is 1.94. The number of aromatic nitrogens is 2. The molecule has 3 rings (SSSR count). The van der Waals surface area contributed by atoms with E-state index in [1.807, 2.05) is 24.5 Å². The highest BCUT2D eigenvalue weighted by Crippen LogP contribution is 2.16. The summed E-state index contributed by atoms with van der Waals surface area (Å²) in [6.45, 7) is 9.32. The normalized spacial score (nSPS) is 18.0. The first-order valence-corrected chi connectivity index (χ1v) is 9.08. The van der Waals surface area contributed by atoms with E-state index in [1.165, 1.54) is 0 Å². The molecule has 1 aliphatic heterocycles. The van der Waals surface area contributed by atoms with Gasteiger partial charge in [-0.25, -0.2) is 4.98 Å². The van der Waals surface area contributed by atoms with Gasteiger partial charge in [-0.3, -0.25) is 14.5 Å². The lowest BCUT2D eigenvalue weighted by Gasteiger charge is -2.22. The minimum atomic E-state index is -0.294. The van der Waals surface area contributed by atoms with Crippen LogP contribution in [-0.2, 0) is 6.54 Å². The van der Waals surface area contributed by atoms with Crippen molar-refractivity contribution in [1.29, 1.82) is 0 Å². The summed E-state index contributed by atoms with van der Waals surface area (Å²) in [5.41, 5.74) is 1.44. The van der Waals surface area contributed by atoms with Crippen molar-refractivity contribution in [1.82, 2.24) is 19.8 Å². The van der Waals surface area contributed by atoms with Gasteiger partial charge < -0.3 is 9.88 Å². The molecular weight excluding hydrogens is 316 g/mol. The van der Waals surface area contributed by atoms with E-state index in [4.69, 9.17) is 0 Å². The molecule has 1 fully saturated rings. The first-order chi connectivity index (χ1) is 12.0. The molecule has 1 amide bonds. The van der Waals surface area contributed by atoms with Gasteiger partial charge in [-0.1, -0.05) is 6.92 Å². The number of nitrogens with one attached hydrogen (secondary N) is 1. The average Bonchev–Trinajstić information content (AvgIpc) is 3.07. The van der Waals surface area contributed by atoms with Crippen LogP contribution in [0, 0.1) is 6.92 Å². The van der Waals surface area contributed by atoms with E-state index >= 15 is 0 Å². The second-order valence-corrected chi connectivity index (χ2v) is 6.62. The minimum Gasteiger partial charge on any atom is -0.350 e. The lowest BCUT2D eigenvalue weighted by Crippen LogP contribution is -2.41. The van der Waals surface area contributed by atoms with Crippen molar-refractivity contribution in [3.8, 4) is 0 Å². The zero-order valence-corrected chi connectivity index (χ0v) is 15.2. The summed E-state index contributed by atoms with van der Waals surface area (Å²) in [4.78, 5) is 32.2. The van der Waals surface area contributed by atoms with Crippen LogP contribution in [-0.4, -0.2) is 46.0 Å². The molecule has 1 aliphatic rings. The fourth-order valence-electron chi connectivity index (χ4n) is 3.61. The van der Waals surface area contributed by atoms with Crippen molar-refractivity contribution < 1.29 is 4.79 Å². The number of amides is 1. The lowest BCUT2D eigenvalue weighted by atomic mass is 10.1. The van der Waals surface area contributed by atoms with Crippen LogP contribution < -0.4 is 10.7 Å². The van der Waals surface area contributed by atoms with Crippen LogP contribution >= 0.6 is 0 Å². The first kappa shape index (κ1) is 17.6. The Hall–Kier alpha value is -2.21. The topological polar surface area (TPSA) is 67.2 Å². The van der Waals surface area contributed by atoms with Crippen LogP contribution in [0.1, 0.15) is 42.7 Å². The fraction of sp³-hybridized carbons (Fsp3) is 0.526. The number of aryl methyl sites for hydroxylation is 2. The number of nitrogens with zero attached hydrogens (tertiary/aromatic N) is 3. The molecule has 0 saturated carbocycles. The van der Waals surface area contributed by atoms with Crippen molar-refractivity contribution in [2.75, 3.05) is 19.6 Å². The Morgan fingerprint density at radius 2 is 2.12 bits per heavy atom. The monoisotopic (exact) mass is 342 g/mol. The quantitative estimate of drug-likeness (QED) is 0.902. The van der Waals surface area contributed by atoms with Crippen LogP contribution in [0.25, 0.3) is 11.0 Å². The summed E-state index contributed by atoms with van der Waals surface area (Å²) in [5, 5.41) is 3.46. The van der Waals surface area contributed by atoms with Gasteiger partial charge in [0.2, 0.25) is 5.43 Å². The van der Waals surface area contributed by atoms with Gasteiger partial charge in [-0.2, -0.15) is 0 Å². The Morgan fingerprint density at radius 1 is 1.32 bits per heavy atom. The average molecular weight is 342 g/mol. The largest absolute Gasteiger partial charge is 0.350 e. The van der Waals surface area contributed by atoms with E-state index < -0.39 is 0 Å². The summed E-state index contributed by atoms with van der Waals surface area (Å²) in [7, 11) is 0. The Kier molecular flexibility index (Phi) is 5.18. The van der Waals surface area contributed by atoms with E-state index in [0.717, 1.165) is 31.6 Å². The minimum absolute atomic E-state index is 0.195. The molecule has 0 radical (unpaired) electrons. The van der Waals surface area contributed by atoms with Crippen molar-refractivity contribution in [2.24, 2.45) is 0 Å². The first-order valence-electron chi connectivity index (χ1n) is 9.08. The number of likely N-dealkylation sites (N-methyl/N-ethyl adjacent to an activating group) is 1. The summed E-state index contributed by atoms with van der Waals surface area (Å²) >= 11 is 0. The molecule has 0 bridgehead atoms. The van der Waals surface area contributed by atoms with Crippen LogP contribution in [0.4, 0.5) is 0 Å². The number of rotatable bonds is 5. The van der Waals surface area contributed by atoms with Crippen LogP contribution in [0.5, 0.6) is 0 Å². The molecule has 6 nitrogen and oxygen atoms in total. The second-order valence-electron chi connectivity index (χ2n) is 6.62. The molecule has 25 heavy (non-hydrogen) atoms. The Balaban J connectivity index is 1.87. The number of hydrogen-bond acceptors (Lipinski definition) is 4. The maximum absolute atomic E-state index is 12.7. The summed E-state index contributed by atoms with van der Waals surface area (Å²) in [6, 6.07) is 3.94. The molecule has 1 atom stereocenters. The van der Waals surface area contributed by atoms with Gasteiger partial charge in [0.05, 0.1) is 5.39 Å². The molecule has 0 aromatic carbocycles. The molecule has 3 heterocycles. The van der Waals surface area contributed by atoms with E-state index in [-0.39, 0.29) is 16.9 Å². The van der Waals surface area contributed by atoms with Gasteiger partial charge in [0.15, 0.2) is 0 Å². The maximum atomic E-state index is 12.7. The Bertz CT molecular complexity index is 843. The van der Waals surface area contributed by atoms with Crippen LogP contribution in [0.3, 0.4) is 0 Å². The Labute approximate surface area is 147 Å². The molecule has 1 N–H and O–H groups in total. The number of fused-ring (bicyclic) bond motifs is 1. The van der Waals surface area contributed by atoms with E-state index in [9.17, 15) is 9.59 Å². The van der Waals surface area contributed by atoms with Crippen LogP contribution in [0.2, 0.25) is 0 Å². The molecule has 0 spiro atoms. The highest BCUT2D eigenvalue weighted by atomic mass is 16.2. The molecular formula is C19H26N4O2. The smallest absolute Gasteiger partial charge is 0.256 e. The van der Waals surface area contributed by atoms with E-state index in [0.29, 0.717) is 30.2 Å². The molecule has 2 aromatic heterocycles. The third-order valence-electron chi connectivity index (χ3n) is 5.05. The second kappa shape index (κ2) is 7.35. The zero-order valence-electron chi connectivity index (χ0n) is 15.2. The van der Waals surface area contributed by atoms with Gasteiger partial charge in [-0.15, -0.1) is 0 Å². The number of carbonyl (C=O) groups is 1. The van der Waals surface area contributed by atoms with Gasteiger partial charge in [0.25, 0.3) is 5.91 Å². The molecule has 2 aromatic rings. The van der Waals surface area contributed by atoms with Crippen molar-refractivity contribution in [3.05, 3.63) is 39.8 Å². The molecule has 0 unspecified atom stereocenters. The highest BCUT2D eigenvalue weighted by Gasteiger charge is 2.24. The highest BCUT2D eigenvalue weighted by molar-refractivity contribution is 5.96. The van der Waals surface area contributed by atoms with Gasteiger partial charge in [0.1, 0.15) is 11.2 Å². The predicted molar refractivity (Wildman–Crippen MR) is 99.0 cm³/mol. The molecule has 1 saturated heterocycles. The van der Waals surface area contributed by atoms with E-state index in [2.05, 4.69) is 22.1 Å². The zero-order chi connectivity index (χ0) is 18.0. The molecule has 134 valence electrons. The molecule has 0 aliphatic carbocycles. The third kappa shape index (κ3) is 3.44. The summed E-state index contributed by atoms with van der Waals surface area (Å²) < 4.78 is 1.87. The standard InChI is InChI=1S/C19H26N4O2/c1-4-22-10-6-7-14(22)11-20-19(25)16-12-23(5-2)18-15(17(16)24)9-8-13(3)21-18/h8-9,12,14H,4-7,10-11H2,1-3H3,(H,20,25)/t14-/m1/s1. The molecule has 6 heteroatoms. The van der Waals surface area contributed by atoms with Gasteiger partial charge in [0, 0.05) is 31.0 Å². The van der Waals surface area contributed by atoms with Crippen molar-refractivity contribution in [2.45, 2.75) is 46.2 Å². The number of carbonyl (C=O) groups excluding carboxylic acids is 1. The number of pyridine rings is 2. The third-order valence-corrected chi connectivity index (χ3v) is 5.05. The van der Waals surface area contributed by atoms with E-state index in [1.54, 1.807) is 12.3 Å². The van der Waals surface area contributed by atoms with Crippen molar-refractivity contribution in [3.63, 3.8) is 0 Å². The number of likely N-dealkylation sites (tertiary alicyclic amines) is 1. The van der Waals surface area contributed by atoms with Gasteiger partial charge in [-0.05, 0) is 51.9 Å². The lowest BCUT2D eigenvalue weighted by molar-refractivity contribution is 0.0939. The SMILES string of the molecule is CCN1CCC[C@@H]1CNC(=O)c1cn(CC)c2nc(C)ccc2c1=O.